The SMILES string of the molecule is Fc1ccc(-c2cc(CCl)c(F)cn2)cc1. The Morgan fingerprint density at radius 3 is 2.44 bits per heavy atom. The molecule has 1 nitrogen and oxygen atoms in total. The van der Waals surface area contributed by atoms with E-state index in [4.69, 9.17) is 11.6 Å². The predicted molar refractivity (Wildman–Crippen MR) is 59.1 cm³/mol. The molecule has 0 bridgehead atoms. The molecule has 1 aromatic carbocycles. The van der Waals surface area contributed by atoms with Crippen molar-refractivity contribution in [2.45, 2.75) is 5.88 Å². The van der Waals surface area contributed by atoms with Crippen LogP contribution in [0.4, 0.5) is 8.78 Å². The van der Waals surface area contributed by atoms with Crippen LogP contribution in [0.25, 0.3) is 11.3 Å². The van der Waals surface area contributed by atoms with Crippen molar-refractivity contribution in [1.29, 1.82) is 0 Å². The van der Waals surface area contributed by atoms with Gasteiger partial charge in [0.15, 0.2) is 0 Å². The Kier molecular flexibility index (Phi) is 3.15. The largest absolute Gasteiger partial charge is 0.253 e. The Bertz CT molecular complexity index is 497. The van der Waals surface area contributed by atoms with Crippen LogP contribution in [0.2, 0.25) is 0 Å². The molecule has 0 atom stereocenters. The van der Waals surface area contributed by atoms with Gasteiger partial charge < -0.3 is 0 Å². The van der Waals surface area contributed by atoms with Crippen molar-refractivity contribution >= 4 is 11.6 Å². The van der Waals surface area contributed by atoms with Crippen LogP contribution >= 0.6 is 11.6 Å². The number of halogens is 3. The molecule has 0 saturated heterocycles. The molecule has 0 radical (unpaired) electrons. The minimum atomic E-state index is -0.430. The summed E-state index contributed by atoms with van der Waals surface area (Å²) >= 11 is 5.59. The first-order valence-electron chi connectivity index (χ1n) is 4.67. The van der Waals surface area contributed by atoms with Gasteiger partial charge in [0.25, 0.3) is 0 Å². The lowest BCUT2D eigenvalue weighted by Gasteiger charge is -2.03. The molecule has 0 amide bonds. The highest BCUT2D eigenvalue weighted by atomic mass is 35.5. The quantitative estimate of drug-likeness (QED) is 0.727. The summed E-state index contributed by atoms with van der Waals surface area (Å²) in [6, 6.07) is 7.41. The molecule has 0 unspecified atom stereocenters. The second-order valence-electron chi connectivity index (χ2n) is 3.30. The smallest absolute Gasteiger partial charge is 0.145 e. The van der Waals surface area contributed by atoms with E-state index >= 15 is 0 Å². The molecule has 0 saturated carbocycles. The zero-order valence-electron chi connectivity index (χ0n) is 8.25. The Morgan fingerprint density at radius 1 is 1.12 bits per heavy atom. The van der Waals surface area contributed by atoms with Gasteiger partial charge in [-0.3, -0.25) is 4.98 Å². The van der Waals surface area contributed by atoms with Crippen molar-refractivity contribution in [2.24, 2.45) is 0 Å². The van der Waals surface area contributed by atoms with E-state index in [-0.39, 0.29) is 11.7 Å². The molecule has 16 heavy (non-hydrogen) atoms. The third kappa shape index (κ3) is 2.19. The van der Waals surface area contributed by atoms with Gasteiger partial charge in [0, 0.05) is 11.1 Å². The molecule has 0 aliphatic carbocycles. The molecule has 0 aliphatic rings. The van der Waals surface area contributed by atoms with Gasteiger partial charge in [-0.25, -0.2) is 8.78 Å². The monoisotopic (exact) mass is 239 g/mol. The topological polar surface area (TPSA) is 12.9 Å². The summed E-state index contributed by atoms with van der Waals surface area (Å²) in [5.74, 6) is -0.660. The first-order chi connectivity index (χ1) is 7.70. The predicted octanol–water partition coefficient (Wildman–Crippen LogP) is 3.77. The van der Waals surface area contributed by atoms with Crippen molar-refractivity contribution < 1.29 is 8.78 Å². The van der Waals surface area contributed by atoms with Gasteiger partial charge in [0.05, 0.1) is 17.8 Å². The highest BCUT2D eigenvalue weighted by Crippen LogP contribution is 2.20. The second-order valence-corrected chi connectivity index (χ2v) is 3.57. The Morgan fingerprint density at radius 2 is 1.81 bits per heavy atom. The van der Waals surface area contributed by atoms with Crippen LogP contribution in [0, 0.1) is 11.6 Å². The van der Waals surface area contributed by atoms with E-state index in [1.54, 1.807) is 18.2 Å². The molecule has 2 aromatic rings. The van der Waals surface area contributed by atoms with Crippen molar-refractivity contribution in [3.63, 3.8) is 0 Å². The molecule has 1 aromatic heterocycles. The van der Waals surface area contributed by atoms with Gasteiger partial charge in [-0.2, -0.15) is 0 Å². The zero-order valence-corrected chi connectivity index (χ0v) is 9.01. The molecule has 0 aliphatic heterocycles. The van der Waals surface area contributed by atoms with Gasteiger partial charge in [0.1, 0.15) is 11.6 Å². The normalized spacial score (nSPS) is 10.4. The first kappa shape index (κ1) is 11.0. The highest BCUT2D eigenvalue weighted by Gasteiger charge is 2.05. The summed E-state index contributed by atoms with van der Waals surface area (Å²) in [5, 5.41) is 0. The number of pyridine rings is 1. The molecule has 82 valence electrons. The van der Waals surface area contributed by atoms with Crippen LogP contribution < -0.4 is 0 Å². The number of hydrogen-bond acceptors (Lipinski definition) is 1. The third-order valence-electron chi connectivity index (χ3n) is 2.22. The van der Waals surface area contributed by atoms with E-state index in [2.05, 4.69) is 4.98 Å². The summed E-state index contributed by atoms with van der Waals surface area (Å²) in [5.41, 5.74) is 1.70. The molecular weight excluding hydrogens is 232 g/mol. The minimum absolute atomic E-state index is 0.0859. The fourth-order valence-electron chi connectivity index (χ4n) is 1.36. The summed E-state index contributed by atoms with van der Waals surface area (Å²) in [4.78, 5) is 3.93. The molecule has 0 spiro atoms. The number of benzene rings is 1. The van der Waals surface area contributed by atoms with E-state index < -0.39 is 5.82 Å². The van der Waals surface area contributed by atoms with Crippen LogP contribution in [0.1, 0.15) is 5.56 Å². The van der Waals surface area contributed by atoms with Crippen LogP contribution in [-0.2, 0) is 5.88 Å². The lowest BCUT2D eigenvalue weighted by Crippen LogP contribution is -1.91. The molecule has 1 heterocycles. The molecule has 2 rings (SSSR count). The molecular formula is C12H8ClF2N. The number of aromatic nitrogens is 1. The first-order valence-corrected chi connectivity index (χ1v) is 5.20. The van der Waals surface area contributed by atoms with E-state index in [0.29, 0.717) is 11.3 Å². The average Bonchev–Trinajstić information content (AvgIpc) is 2.31. The van der Waals surface area contributed by atoms with Gasteiger partial charge in [-0.05, 0) is 30.3 Å². The summed E-state index contributed by atoms with van der Waals surface area (Å²) in [6.45, 7) is 0. The number of rotatable bonds is 2. The van der Waals surface area contributed by atoms with E-state index in [1.165, 1.54) is 12.1 Å². The fourth-order valence-corrected chi connectivity index (χ4v) is 1.57. The Hall–Kier alpha value is -1.48. The lowest BCUT2D eigenvalue weighted by molar-refractivity contribution is 0.611. The zero-order chi connectivity index (χ0) is 11.5. The summed E-state index contributed by atoms with van der Waals surface area (Å²) in [7, 11) is 0. The number of nitrogens with zero attached hydrogens (tertiary/aromatic N) is 1. The third-order valence-corrected chi connectivity index (χ3v) is 2.51. The van der Waals surface area contributed by atoms with E-state index in [0.717, 1.165) is 11.8 Å². The maximum atomic E-state index is 13.1. The second kappa shape index (κ2) is 4.58. The number of alkyl halides is 1. The van der Waals surface area contributed by atoms with Crippen molar-refractivity contribution in [1.82, 2.24) is 4.98 Å². The lowest BCUT2D eigenvalue weighted by atomic mass is 10.1. The maximum Gasteiger partial charge on any atom is 0.145 e. The fraction of sp³-hybridized carbons (Fsp3) is 0.0833. The molecule has 4 heteroatoms. The Labute approximate surface area is 96.7 Å². The number of hydrogen-bond donors (Lipinski definition) is 0. The van der Waals surface area contributed by atoms with Gasteiger partial charge in [-0.1, -0.05) is 0 Å². The van der Waals surface area contributed by atoms with Gasteiger partial charge in [-0.15, -0.1) is 11.6 Å². The summed E-state index contributed by atoms with van der Waals surface area (Å²) < 4.78 is 25.9. The standard InChI is InChI=1S/C12H8ClF2N/c13-6-9-5-12(16-7-11(9)15)8-1-3-10(14)4-2-8/h1-5,7H,6H2. The molecule has 0 N–H and O–H groups in total. The van der Waals surface area contributed by atoms with E-state index in [1.807, 2.05) is 0 Å². The van der Waals surface area contributed by atoms with Crippen LogP contribution in [0.15, 0.2) is 36.5 Å². The Balaban J connectivity index is 2.44. The van der Waals surface area contributed by atoms with Gasteiger partial charge in [0.2, 0.25) is 0 Å². The van der Waals surface area contributed by atoms with Gasteiger partial charge >= 0.3 is 0 Å². The van der Waals surface area contributed by atoms with E-state index in [9.17, 15) is 8.78 Å². The van der Waals surface area contributed by atoms with Crippen molar-refractivity contribution in [3.8, 4) is 11.3 Å². The van der Waals surface area contributed by atoms with Crippen molar-refractivity contribution in [2.75, 3.05) is 0 Å². The van der Waals surface area contributed by atoms with Crippen LogP contribution in [0.3, 0.4) is 0 Å². The minimum Gasteiger partial charge on any atom is -0.253 e. The average molecular weight is 240 g/mol. The van der Waals surface area contributed by atoms with Crippen molar-refractivity contribution in [3.05, 3.63) is 53.7 Å². The highest BCUT2D eigenvalue weighted by molar-refractivity contribution is 6.17. The maximum absolute atomic E-state index is 13.1. The van der Waals surface area contributed by atoms with Crippen LogP contribution in [0.5, 0.6) is 0 Å². The summed E-state index contributed by atoms with van der Waals surface area (Å²) in [6.07, 6.45) is 1.12. The molecule has 0 fully saturated rings. The van der Waals surface area contributed by atoms with Crippen LogP contribution in [-0.4, -0.2) is 4.98 Å².